The van der Waals surface area contributed by atoms with E-state index in [1.807, 2.05) is 30.0 Å². The maximum Gasteiger partial charge on any atom is 0.160 e. The molecule has 2 rings (SSSR count). The maximum absolute atomic E-state index is 6.08. The topological polar surface area (TPSA) is 21.3 Å². The molecule has 0 aliphatic carbocycles. The van der Waals surface area contributed by atoms with Crippen LogP contribution in [0.1, 0.15) is 12.8 Å². The first-order valence-electron chi connectivity index (χ1n) is 5.48. The lowest BCUT2D eigenvalue weighted by Gasteiger charge is -2.24. The van der Waals surface area contributed by atoms with Gasteiger partial charge >= 0.3 is 0 Å². The van der Waals surface area contributed by atoms with Crippen molar-refractivity contribution < 1.29 is 4.74 Å². The third kappa shape index (κ3) is 2.77. The quantitative estimate of drug-likeness (QED) is 0.893. The van der Waals surface area contributed by atoms with E-state index in [1.54, 1.807) is 7.11 Å². The normalized spacial score (nSPS) is 20.5. The Labute approximate surface area is 106 Å². The lowest BCUT2D eigenvalue weighted by Crippen LogP contribution is -2.25. The Morgan fingerprint density at radius 1 is 1.50 bits per heavy atom. The smallest absolute Gasteiger partial charge is 0.160 e. The highest BCUT2D eigenvalue weighted by atomic mass is 35.5. The van der Waals surface area contributed by atoms with Gasteiger partial charge in [0.25, 0.3) is 0 Å². The van der Waals surface area contributed by atoms with E-state index < -0.39 is 0 Å². The van der Waals surface area contributed by atoms with E-state index in [-0.39, 0.29) is 0 Å². The third-order valence-electron chi connectivity index (χ3n) is 2.69. The highest BCUT2D eigenvalue weighted by Gasteiger charge is 2.16. The van der Waals surface area contributed by atoms with Gasteiger partial charge < -0.3 is 10.1 Å². The first-order chi connectivity index (χ1) is 7.81. The summed E-state index contributed by atoms with van der Waals surface area (Å²) < 4.78 is 5.32. The van der Waals surface area contributed by atoms with Crippen molar-refractivity contribution in [3.63, 3.8) is 0 Å². The Hall–Kier alpha value is -0.540. The Kier molecular flexibility index (Phi) is 4.24. The number of rotatable bonds is 3. The maximum atomic E-state index is 6.08. The van der Waals surface area contributed by atoms with E-state index in [0.717, 1.165) is 17.2 Å². The molecule has 1 aliphatic rings. The molecule has 1 N–H and O–H groups in total. The predicted molar refractivity (Wildman–Crippen MR) is 72.0 cm³/mol. The summed E-state index contributed by atoms with van der Waals surface area (Å²) in [5.41, 5.74) is 1.00. The van der Waals surface area contributed by atoms with E-state index >= 15 is 0 Å². The molecule has 1 atom stereocenters. The van der Waals surface area contributed by atoms with Crippen molar-refractivity contribution in [1.29, 1.82) is 0 Å². The third-order valence-corrected chi connectivity index (χ3v) is 4.20. The molecule has 2 nitrogen and oxygen atoms in total. The van der Waals surface area contributed by atoms with Gasteiger partial charge in [-0.2, -0.15) is 11.8 Å². The summed E-state index contributed by atoms with van der Waals surface area (Å²) in [7, 11) is 1.65. The van der Waals surface area contributed by atoms with Crippen molar-refractivity contribution in [2.24, 2.45) is 0 Å². The number of para-hydroxylation sites is 1. The van der Waals surface area contributed by atoms with E-state index in [1.165, 1.54) is 18.6 Å². The molecule has 4 heteroatoms. The Morgan fingerprint density at radius 2 is 2.38 bits per heavy atom. The number of thioether (sulfide) groups is 1. The van der Waals surface area contributed by atoms with Gasteiger partial charge in [0.2, 0.25) is 0 Å². The average molecular weight is 258 g/mol. The van der Waals surface area contributed by atoms with Crippen molar-refractivity contribution in [2.75, 3.05) is 23.9 Å². The molecule has 1 saturated heterocycles. The standard InChI is InChI=1S/C12H16ClNOS/c1-15-12-10(13)5-2-6-11(12)14-9-4-3-7-16-8-9/h2,5-6,9,14H,3-4,7-8H2,1H3. The van der Waals surface area contributed by atoms with Gasteiger partial charge in [0.05, 0.1) is 17.8 Å². The van der Waals surface area contributed by atoms with Crippen molar-refractivity contribution in [3.05, 3.63) is 23.2 Å². The zero-order chi connectivity index (χ0) is 11.4. The molecule has 0 saturated carbocycles. The number of anilines is 1. The van der Waals surface area contributed by atoms with Gasteiger partial charge in [0, 0.05) is 11.8 Å². The highest BCUT2D eigenvalue weighted by molar-refractivity contribution is 7.99. The second kappa shape index (κ2) is 5.69. The number of hydrogen-bond donors (Lipinski definition) is 1. The molecule has 16 heavy (non-hydrogen) atoms. The van der Waals surface area contributed by atoms with Crippen molar-refractivity contribution in [1.82, 2.24) is 0 Å². The van der Waals surface area contributed by atoms with Crippen molar-refractivity contribution >= 4 is 29.1 Å². The fourth-order valence-corrected chi connectivity index (χ4v) is 3.23. The van der Waals surface area contributed by atoms with Crippen LogP contribution in [0.5, 0.6) is 5.75 Å². The van der Waals surface area contributed by atoms with Crippen LogP contribution in [0.4, 0.5) is 5.69 Å². The van der Waals surface area contributed by atoms with E-state index in [2.05, 4.69) is 5.32 Å². The Bertz CT molecular complexity index is 353. The fourth-order valence-electron chi connectivity index (χ4n) is 1.90. The summed E-state index contributed by atoms with van der Waals surface area (Å²) in [5, 5.41) is 4.17. The Balaban J connectivity index is 2.10. The number of halogens is 1. The summed E-state index contributed by atoms with van der Waals surface area (Å²) in [4.78, 5) is 0. The van der Waals surface area contributed by atoms with Crippen LogP contribution in [0.25, 0.3) is 0 Å². The number of benzene rings is 1. The second-order valence-electron chi connectivity index (χ2n) is 3.88. The first kappa shape index (κ1) is 11.9. The fraction of sp³-hybridized carbons (Fsp3) is 0.500. The van der Waals surface area contributed by atoms with Crippen LogP contribution in [-0.4, -0.2) is 24.7 Å². The van der Waals surface area contributed by atoms with Gasteiger partial charge in [0.1, 0.15) is 0 Å². The summed E-state index contributed by atoms with van der Waals surface area (Å²) in [5.74, 6) is 3.19. The number of methoxy groups -OCH3 is 1. The van der Waals surface area contributed by atoms with Crippen LogP contribution < -0.4 is 10.1 Å². The Morgan fingerprint density at radius 3 is 3.06 bits per heavy atom. The number of nitrogens with one attached hydrogen (secondary N) is 1. The molecule has 0 aromatic heterocycles. The summed E-state index contributed by atoms with van der Waals surface area (Å²) in [6, 6.07) is 6.35. The molecule has 1 aromatic carbocycles. The SMILES string of the molecule is COc1c(Cl)cccc1NC1CCCSC1. The summed E-state index contributed by atoms with van der Waals surface area (Å²) in [6.07, 6.45) is 2.51. The van der Waals surface area contributed by atoms with Gasteiger partial charge in [-0.1, -0.05) is 17.7 Å². The molecule has 1 heterocycles. The van der Waals surface area contributed by atoms with Crippen LogP contribution in [0.15, 0.2) is 18.2 Å². The van der Waals surface area contributed by atoms with Crippen LogP contribution in [0, 0.1) is 0 Å². The van der Waals surface area contributed by atoms with Crippen LogP contribution in [-0.2, 0) is 0 Å². The monoisotopic (exact) mass is 257 g/mol. The summed E-state index contributed by atoms with van der Waals surface area (Å²) >= 11 is 8.08. The van der Waals surface area contributed by atoms with Crippen LogP contribution >= 0.6 is 23.4 Å². The number of ether oxygens (including phenoxy) is 1. The predicted octanol–water partition coefficient (Wildman–Crippen LogP) is 3.66. The van der Waals surface area contributed by atoms with E-state index in [0.29, 0.717) is 11.1 Å². The second-order valence-corrected chi connectivity index (χ2v) is 5.44. The molecule has 88 valence electrons. The minimum atomic E-state index is 0.533. The molecule has 1 fully saturated rings. The van der Waals surface area contributed by atoms with Gasteiger partial charge in [-0.05, 0) is 30.7 Å². The molecular weight excluding hydrogens is 242 g/mol. The lowest BCUT2D eigenvalue weighted by molar-refractivity contribution is 0.416. The molecule has 1 aromatic rings. The molecule has 0 spiro atoms. The van der Waals surface area contributed by atoms with Gasteiger partial charge in [-0.3, -0.25) is 0 Å². The molecular formula is C12H16ClNOS. The van der Waals surface area contributed by atoms with Gasteiger partial charge in [0.15, 0.2) is 5.75 Å². The van der Waals surface area contributed by atoms with E-state index in [4.69, 9.17) is 16.3 Å². The zero-order valence-corrected chi connectivity index (χ0v) is 10.9. The lowest BCUT2D eigenvalue weighted by atomic mass is 10.1. The minimum absolute atomic E-state index is 0.533. The molecule has 1 aliphatic heterocycles. The van der Waals surface area contributed by atoms with Crippen molar-refractivity contribution in [2.45, 2.75) is 18.9 Å². The van der Waals surface area contributed by atoms with Crippen LogP contribution in [0.3, 0.4) is 0 Å². The largest absolute Gasteiger partial charge is 0.493 e. The molecule has 0 amide bonds. The molecule has 0 radical (unpaired) electrons. The molecule has 0 bridgehead atoms. The average Bonchev–Trinajstić information content (AvgIpc) is 2.31. The van der Waals surface area contributed by atoms with E-state index in [9.17, 15) is 0 Å². The molecule has 1 unspecified atom stereocenters. The zero-order valence-electron chi connectivity index (χ0n) is 9.33. The summed E-state index contributed by atoms with van der Waals surface area (Å²) in [6.45, 7) is 0. The minimum Gasteiger partial charge on any atom is -0.493 e. The highest BCUT2D eigenvalue weighted by Crippen LogP contribution is 2.34. The van der Waals surface area contributed by atoms with Crippen molar-refractivity contribution in [3.8, 4) is 5.75 Å². The van der Waals surface area contributed by atoms with Gasteiger partial charge in [-0.15, -0.1) is 0 Å². The van der Waals surface area contributed by atoms with Gasteiger partial charge in [-0.25, -0.2) is 0 Å². The number of hydrogen-bond acceptors (Lipinski definition) is 3. The van der Waals surface area contributed by atoms with Crippen LogP contribution in [0.2, 0.25) is 5.02 Å². The first-order valence-corrected chi connectivity index (χ1v) is 7.01.